The minimum absolute atomic E-state index is 0.0701. The van der Waals surface area contributed by atoms with Crippen LogP contribution in [0.15, 0.2) is 48.5 Å². The van der Waals surface area contributed by atoms with Gasteiger partial charge in [0.15, 0.2) is 0 Å². The van der Waals surface area contributed by atoms with Gasteiger partial charge >= 0.3 is 0 Å². The molecular weight excluding hydrogens is 326 g/mol. The highest BCUT2D eigenvalue weighted by Gasteiger charge is 2.27. The second-order valence-electron chi connectivity index (χ2n) is 6.45. The number of piperazine rings is 1. The summed E-state index contributed by atoms with van der Waals surface area (Å²) in [4.78, 5) is 16.7. The van der Waals surface area contributed by atoms with Crippen molar-refractivity contribution in [2.24, 2.45) is 0 Å². The fourth-order valence-electron chi connectivity index (χ4n) is 3.32. The Morgan fingerprint density at radius 3 is 2.31 bits per heavy atom. The van der Waals surface area contributed by atoms with Crippen LogP contribution in [0.3, 0.4) is 0 Å². The van der Waals surface area contributed by atoms with E-state index >= 15 is 0 Å². The number of nitrogens with zero attached hydrogens (tertiary/aromatic N) is 3. The number of hydrogen-bond donors (Lipinski definition) is 0. The van der Waals surface area contributed by atoms with Gasteiger partial charge in [-0.1, -0.05) is 30.3 Å². The van der Waals surface area contributed by atoms with Gasteiger partial charge in [-0.15, -0.1) is 0 Å². The summed E-state index contributed by atoms with van der Waals surface area (Å²) < 4.78 is 5.18. The molecule has 0 bridgehead atoms. The Morgan fingerprint density at radius 2 is 1.73 bits per heavy atom. The summed E-state index contributed by atoms with van der Waals surface area (Å²) in [5, 5.41) is 9.64. The summed E-state index contributed by atoms with van der Waals surface area (Å²) in [5.74, 6) is 0.847. The zero-order chi connectivity index (χ0) is 18.5. The monoisotopic (exact) mass is 349 g/mol. The van der Waals surface area contributed by atoms with Crippen molar-refractivity contribution in [3.63, 3.8) is 0 Å². The Morgan fingerprint density at radius 1 is 1.08 bits per heavy atom. The molecule has 0 radical (unpaired) electrons. The predicted octanol–water partition coefficient (Wildman–Crippen LogP) is 3.03. The second-order valence-corrected chi connectivity index (χ2v) is 6.45. The Labute approximate surface area is 154 Å². The number of nitriles is 1. The van der Waals surface area contributed by atoms with E-state index < -0.39 is 0 Å². The van der Waals surface area contributed by atoms with Crippen LogP contribution in [0.5, 0.6) is 5.75 Å². The van der Waals surface area contributed by atoms with Gasteiger partial charge < -0.3 is 9.64 Å². The predicted molar refractivity (Wildman–Crippen MR) is 100 cm³/mol. The van der Waals surface area contributed by atoms with Crippen LogP contribution in [-0.2, 0) is 0 Å². The Hall–Kier alpha value is -2.84. The van der Waals surface area contributed by atoms with Crippen molar-refractivity contribution in [3.8, 4) is 11.8 Å². The summed E-state index contributed by atoms with van der Waals surface area (Å²) >= 11 is 0. The zero-order valence-electron chi connectivity index (χ0n) is 15.2. The van der Waals surface area contributed by atoms with Gasteiger partial charge in [-0.3, -0.25) is 9.69 Å². The van der Waals surface area contributed by atoms with Crippen molar-refractivity contribution in [2.75, 3.05) is 33.3 Å². The maximum atomic E-state index is 12.7. The van der Waals surface area contributed by atoms with E-state index in [-0.39, 0.29) is 11.9 Å². The molecule has 1 fully saturated rings. The van der Waals surface area contributed by atoms with Crippen LogP contribution >= 0.6 is 0 Å². The molecule has 0 N–H and O–H groups in total. The van der Waals surface area contributed by atoms with E-state index in [1.165, 1.54) is 0 Å². The van der Waals surface area contributed by atoms with Gasteiger partial charge in [0.25, 0.3) is 5.91 Å². The molecular formula is C21H23N3O2. The summed E-state index contributed by atoms with van der Waals surface area (Å²) in [6, 6.07) is 17.4. The number of rotatable bonds is 4. The Balaban J connectivity index is 1.66. The summed E-state index contributed by atoms with van der Waals surface area (Å²) in [5.41, 5.74) is 2.70. The number of aryl methyl sites for hydroxylation is 1. The number of carbonyl (C=O) groups is 1. The highest BCUT2D eigenvalue weighted by Crippen LogP contribution is 2.24. The van der Waals surface area contributed by atoms with E-state index in [1.54, 1.807) is 7.11 Å². The molecule has 2 aromatic rings. The number of carbonyl (C=O) groups excluding carboxylic acids is 1. The molecule has 0 spiro atoms. The molecule has 3 rings (SSSR count). The number of amides is 1. The largest absolute Gasteiger partial charge is 0.497 e. The van der Waals surface area contributed by atoms with Gasteiger partial charge in [0, 0.05) is 31.7 Å². The third kappa shape index (κ3) is 3.71. The lowest BCUT2D eigenvalue weighted by atomic mass is 10.0. The van der Waals surface area contributed by atoms with E-state index in [1.807, 2.05) is 60.4 Å². The topological polar surface area (TPSA) is 56.6 Å². The van der Waals surface area contributed by atoms with Crippen LogP contribution in [0.25, 0.3) is 0 Å². The van der Waals surface area contributed by atoms with Crippen molar-refractivity contribution >= 4 is 5.91 Å². The Kier molecular flexibility index (Phi) is 5.55. The SMILES string of the molecule is COc1ccc([C@@H](C#N)N2CCN(C(=O)c3ccccc3C)CC2)cc1. The standard InChI is InChI=1S/C21H23N3O2/c1-16-5-3-4-6-19(16)21(25)24-13-11-23(12-14-24)20(15-22)17-7-9-18(26-2)10-8-17/h3-10,20H,11-14H2,1-2H3/t20-/m1/s1. The van der Waals surface area contributed by atoms with Gasteiger partial charge in [-0.05, 0) is 36.2 Å². The van der Waals surface area contributed by atoms with Crippen molar-refractivity contribution in [3.05, 3.63) is 65.2 Å². The molecule has 0 saturated carbocycles. The van der Waals surface area contributed by atoms with Crippen molar-refractivity contribution < 1.29 is 9.53 Å². The molecule has 1 aliphatic rings. The lowest BCUT2D eigenvalue weighted by Gasteiger charge is -2.37. The third-order valence-corrected chi connectivity index (χ3v) is 4.90. The lowest BCUT2D eigenvalue weighted by Crippen LogP contribution is -2.49. The smallest absolute Gasteiger partial charge is 0.254 e. The van der Waals surface area contributed by atoms with Gasteiger partial charge in [-0.2, -0.15) is 5.26 Å². The first-order chi connectivity index (χ1) is 12.6. The number of hydrogen-bond acceptors (Lipinski definition) is 4. The Bertz CT molecular complexity index is 803. The average molecular weight is 349 g/mol. The number of benzene rings is 2. The molecule has 0 unspecified atom stereocenters. The molecule has 1 saturated heterocycles. The van der Waals surface area contributed by atoms with Crippen LogP contribution in [-0.4, -0.2) is 49.0 Å². The first kappa shape index (κ1) is 18.0. The van der Waals surface area contributed by atoms with E-state index in [9.17, 15) is 10.1 Å². The zero-order valence-corrected chi connectivity index (χ0v) is 15.2. The van der Waals surface area contributed by atoms with E-state index in [0.717, 1.165) is 22.4 Å². The summed E-state index contributed by atoms with van der Waals surface area (Å²) in [6.45, 7) is 4.58. The molecule has 5 heteroatoms. The molecule has 134 valence electrons. The third-order valence-electron chi connectivity index (χ3n) is 4.90. The average Bonchev–Trinajstić information content (AvgIpc) is 2.69. The van der Waals surface area contributed by atoms with Gasteiger partial charge in [0.1, 0.15) is 11.8 Å². The molecule has 26 heavy (non-hydrogen) atoms. The summed E-state index contributed by atoms with van der Waals surface area (Å²) in [7, 11) is 1.63. The van der Waals surface area contributed by atoms with Crippen LogP contribution < -0.4 is 4.74 Å². The van der Waals surface area contributed by atoms with E-state index in [4.69, 9.17) is 4.74 Å². The van der Waals surface area contributed by atoms with Gasteiger partial charge in [0.05, 0.1) is 13.2 Å². The molecule has 2 aromatic carbocycles. The minimum Gasteiger partial charge on any atom is -0.497 e. The van der Waals surface area contributed by atoms with Crippen molar-refractivity contribution in [1.29, 1.82) is 5.26 Å². The molecule has 5 nitrogen and oxygen atoms in total. The lowest BCUT2D eigenvalue weighted by molar-refractivity contribution is 0.0605. The van der Waals surface area contributed by atoms with E-state index in [0.29, 0.717) is 26.2 Å². The van der Waals surface area contributed by atoms with Gasteiger partial charge in [-0.25, -0.2) is 0 Å². The summed E-state index contributed by atoms with van der Waals surface area (Å²) in [6.07, 6.45) is 0. The van der Waals surface area contributed by atoms with Crippen LogP contribution in [0.4, 0.5) is 0 Å². The first-order valence-corrected chi connectivity index (χ1v) is 8.76. The maximum Gasteiger partial charge on any atom is 0.254 e. The number of ether oxygens (including phenoxy) is 1. The second kappa shape index (κ2) is 8.03. The van der Waals surface area contributed by atoms with Crippen LogP contribution in [0.2, 0.25) is 0 Å². The molecule has 1 aliphatic heterocycles. The molecule has 0 aliphatic carbocycles. The molecule has 1 heterocycles. The quantitative estimate of drug-likeness (QED) is 0.851. The van der Waals surface area contributed by atoms with Crippen molar-refractivity contribution in [2.45, 2.75) is 13.0 Å². The molecule has 0 aromatic heterocycles. The van der Waals surface area contributed by atoms with Gasteiger partial charge in [0.2, 0.25) is 0 Å². The normalized spacial score (nSPS) is 16.0. The highest BCUT2D eigenvalue weighted by atomic mass is 16.5. The first-order valence-electron chi connectivity index (χ1n) is 8.76. The number of methoxy groups -OCH3 is 1. The van der Waals surface area contributed by atoms with Crippen LogP contribution in [0.1, 0.15) is 27.5 Å². The highest BCUT2D eigenvalue weighted by molar-refractivity contribution is 5.95. The molecule has 1 amide bonds. The van der Waals surface area contributed by atoms with Crippen molar-refractivity contribution in [1.82, 2.24) is 9.80 Å². The minimum atomic E-state index is -0.309. The fraction of sp³-hybridized carbons (Fsp3) is 0.333. The fourth-order valence-corrected chi connectivity index (χ4v) is 3.32. The molecule has 1 atom stereocenters. The van der Waals surface area contributed by atoms with E-state index in [2.05, 4.69) is 11.0 Å². The maximum absolute atomic E-state index is 12.7. The van der Waals surface area contributed by atoms with Crippen LogP contribution in [0, 0.1) is 18.3 Å².